The molecule has 0 spiro atoms. The van der Waals surface area contributed by atoms with Crippen molar-refractivity contribution in [2.75, 3.05) is 6.61 Å². The molecular formula is C21H22N2O4. The van der Waals surface area contributed by atoms with Crippen molar-refractivity contribution in [2.45, 2.75) is 45.4 Å². The Balaban J connectivity index is 1.67. The molecule has 2 heterocycles. The second kappa shape index (κ2) is 7.39. The number of pyridine rings is 1. The smallest absolute Gasteiger partial charge is 0.344 e. The van der Waals surface area contributed by atoms with Crippen molar-refractivity contribution in [1.82, 2.24) is 10.1 Å². The van der Waals surface area contributed by atoms with Gasteiger partial charge in [-0.15, -0.1) is 0 Å². The number of esters is 1. The minimum atomic E-state index is -0.422. The van der Waals surface area contributed by atoms with E-state index in [-0.39, 0.29) is 0 Å². The van der Waals surface area contributed by atoms with Crippen LogP contribution in [-0.2, 0) is 6.42 Å². The van der Waals surface area contributed by atoms with Gasteiger partial charge in [0.15, 0.2) is 0 Å². The van der Waals surface area contributed by atoms with Gasteiger partial charge in [0.05, 0.1) is 23.3 Å². The van der Waals surface area contributed by atoms with Crippen LogP contribution in [-0.4, -0.2) is 22.7 Å². The zero-order valence-electron chi connectivity index (χ0n) is 15.5. The van der Waals surface area contributed by atoms with Crippen LogP contribution in [0.1, 0.15) is 60.8 Å². The Bertz CT molecular complexity index is 958. The molecule has 0 unspecified atom stereocenters. The number of aryl methyl sites for hydroxylation is 1. The van der Waals surface area contributed by atoms with Crippen molar-refractivity contribution >= 4 is 17.1 Å². The van der Waals surface area contributed by atoms with Crippen LogP contribution in [0.4, 0.5) is 0 Å². The molecule has 27 heavy (non-hydrogen) atoms. The van der Waals surface area contributed by atoms with E-state index >= 15 is 0 Å². The fourth-order valence-electron chi connectivity index (χ4n) is 3.12. The normalized spacial score (nSPS) is 13.7. The third-order valence-corrected chi connectivity index (χ3v) is 4.58. The molecule has 6 nitrogen and oxygen atoms in total. The maximum atomic E-state index is 12.9. The molecule has 6 heteroatoms. The van der Waals surface area contributed by atoms with E-state index < -0.39 is 5.97 Å². The van der Waals surface area contributed by atoms with Crippen molar-refractivity contribution in [3.05, 3.63) is 47.3 Å². The highest BCUT2D eigenvalue weighted by Crippen LogP contribution is 2.40. The lowest BCUT2D eigenvalue weighted by Gasteiger charge is -2.08. The molecule has 0 N–H and O–H groups in total. The van der Waals surface area contributed by atoms with Crippen LogP contribution >= 0.6 is 0 Å². The summed E-state index contributed by atoms with van der Waals surface area (Å²) < 4.78 is 16.4. The van der Waals surface area contributed by atoms with Gasteiger partial charge in [-0.3, -0.25) is 0 Å². The molecule has 1 fully saturated rings. The number of ether oxygens (including phenoxy) is 2. The Kier molecular flexibility index (Phi) is 4.79. The highest BCUT2D eigenvalue weighted by atomic mass is 16.5. The van der Waals surface area contributed by atoms with Crippen molar-refractivity contribution in [1.29, 1.82) is 0 Å². The van der Waals surface area contributed by atoms with Crippen LogP contribution in [0, 0.1) is 0 Å². The molecule has 1 aliphatic carbocycles. The molecule has 0 amide bonds. The second-order valence-electron chi connectivity index (χ2n) is 6.72. The highest BCUT2D eigenvalue weighted by Gasteiger charge is 2.29. The average Bonchev–Trinajstić information content (AvgIpc) is 3.45. The molecule has 2 aromatic heterocycles. The fourth-order valence-corrected chi connectivity index (χ4v) is 3.12. The van der Waals surface area contributed by atoms with Crippen molar-refractivity contribution in [3.63, 3.8) is 0 Å². The minimum absolute atomic E-state index is 0.395. The van der Waals surface area contributed by atoms with Crippen LogP contribution in [0.2, 0.25) is 0 Å². The fraction of sp³-hybridized carbons (Fsp3) is 0.381. The van der Waals surface area contributed by atoms with Crippen molar-refractivity contribution in [2.24, 2.45) is 0 Å². The lowest BCUT2D eigenvalue weighted by atomic mass is 10.1. The number of carbonyl (C=O) groups is 1. The maximum Gasteiger partial charge on any atom is 0.344 e. The number of carbonyl (C=O) groups excluding carboxylic acids is 1. The van der Waals surface area contributed by atoms with Crippen LogP contribution < -0.4 is 9.47 Å². The van der Waals surface area contributed by atoms with Gasteiger partial charge in [-0.25, -0.2) is 9.78 Å². The SMILES string of the molecule is CCCc1noc2nc(C3CC3)cc(C(=O)Oc3ccc(OCC)cc3)c12. The van der Waals surface area contributed by atoms with Gasteiger partial charge >= 0.3 is 5.97 Å². The summed E-state index contributed by atoms with van der Waals surface area (Å²) in [5.74, 6) is 1.18. The molecular weight excluding hydrogens is 344 g/mol. The molecule has 3 aromatic rings. The van der Waals surface area contributed by atoms with E-state index in [0.29, 0.717) is 34.9 Å². The van der Waals surface area contributed by atoms with E-state index in [2.05, 4.69) is 17.1 Å². The summed E-state index contributed by atoms with van der Waals surface area (Å²) in [5.41, 5.74) is 2.52. The van der Waals surface area contributed by atoms with Gasteiger partial charge in [-0.1, -0.05) is 18.5 Å². The summed E-state index contributed by atoms with van der Waals surface area (Å²) in [7, 11) is 0. The molecule has 0 saturated heterocycles. The molecule has 0 aliphatic heterocycles. The minimum Gasteiger partial charge on any atom is -0.494 e. The Hall–Kier alpha value is -2.89. The van der Waals surface area contributed by atoms with E-state index in [0.717, 1.165) is 42.8 Å². The molecule has 4 rings (SSSR count). The first-order valence-electron chi connectivity index (χ1n) is 9.43. The van der Waals surface area contributed by atoms with Crippen LogP contribution in [0.25, 0.3) is 11.1 Å². The average molecular weight is 366 g/mol. The zero-order valence-corrected chi connectivity index (χ0v) is 15.5. The number of rotatable bonds is 7. The number of fused-ring (bicyclic) bond motifs is 1. The van der Waals surface area contributed by atoms with E-state index in [4.69, 9.17) is 14.0 Å². The Morgan fingerprint density at radius 2 is 1.93 bits per heavy atom. The molecule has 0 bridgehead atoms. The van der Waals surface area contributed by atoms with E-state index in [1.54, 1.807) is 24.3 Å². The van der Waals surface area contributed by atoms with E-state index in [1.165, 1.54) is 0 Å². The van der Waals surface area contributed by atoms with Gasteiger partial charge in [0.1, 0.15) is 11.5 Å². The third-order valence-electron chi connectivity index (χ3n) is 4.58. The van der Waals surface area contributed by atoms with E-state index in [1.807, 2.05) is 13.0 Å². The number of benzene rings is 1. The van der Waals surface area contributed by atoms with Crippen LogP contribution in [0.3, 0.4) is 0 Å². The topological polar surface area (TPSA) is 74.5 Å². The maximum absolute atomic E-state index is 12.9. The molecule has 140 valence electrons. The molecule has 1 aliphatic rings. The zero-order chi connectivity index (χ0) is 18.8. The van der Waals surface area contributed by atoms with Gasteiger partial charge in [0, 0.05) is 11.6 Å². The summed E-state index contributed by atoms with van der Waals surface area (Å²) in [4.78, 5) is 17.5. The Labute approximate surface area is 157 Å². The lowest BCUT2D eigenvalue weighted by Crippen LogP contribution is -2.11. The number of hydrogen-bond acceptors (Lipinski definition) is 6. The Morgan fingerprint density at radius 3 is 2.59 bits per heavy atom. The molecule has 0 atom stereocenters. The predicted molar refractivity (Wildman–Crippen MR) is 100 cm³/mol. The van der Waals surface area contributed by atoms with Gasteiger partial charge in [-0.2, -0.15) is 0 Å². The molecule has 1 saturated carbocycles. The summed E-state index contributed by atoms with van der Waals surface area (Å²) in [6, 6.07) is 8.86. The second-order valence-corrected chi connectivity index (χ2v) is 6.72. The van der Waals surface area contributed by atoms with Gasteiger partial charge in [-0.05, 0) is 56.5 Å². The number of aromatic nitrogens is 2. The largest absolute Gasteiger partial charge is 0.494 e. The first-order chi connectivity index (χ1) is 13.2. The standard InChI is InChI=1S/C21H22N2O4/c1-3-5-17-19-16(12-18(13-6-7-13)22-20(19)27-23-17)21(24)26-15-10-8-14(9-11-15)25-4-2/h8-13H,3-7H2,1-2H3. The summed E-state index contributed by atoms with van der Waals surface area (Å²) in [6.45, 7) is 4.57. The monoisotopic (exact) mass is 366 g/mol. The van der Waals surface area contributed by atoms with Gasteiger partial charge in [0.25, 0.3) is 5.71 Å². The number of hydrogen-bond donors (Lipinski definition) is 0. The quantitative estimate of drug-likeness (QED) is 0.447. The third kappa shape index (κ3) is 3.65. The van der Waals surface area contributed by atoms with E-state index in [9.17, 15) is 4.79 Å². The van der Waals surface area contributed by atoms with Gasteiger partial charge < -0.3 is 14.0 Å². The summed E-state index contributed by atoms with van der Waals surface area (Å²) >= 11 is 0. The molecule has 1 aromatic carbocycles. The molecule has 0 radical (unpaired) electrons. The van der Waals surface area contributed by atoms with Crippen molar-refractivity contribution < 1.29 is 18.8 Å². The van der Waals surface area contributed by atoms with Crippen LogP contribution in [0.5, 0.6) is 11.5 Å². The van der Waals surface area contributed by atoms with Gasteiger partial charge in [0.2, 0.25) is 0 Å². The number of nitrogens with zero attached hydrogens (tertiary/aromatic N) is 2. The van der Waals surface area contributed by atoms with Crippen molar-refractivity contribution in [3.8, 4) is 11.5 Å². The van der Waals surface area contributed by atoms with Crippen LogP contribution in [0.15, 0.2) is 34.9 Å². The highest BCUT2D eigenvalue weighted by molar-refractivity contribution is 6.04. The predicted octanol–water partition coefficient (Wildman–Crippen LogP) is 4.67. The summed E-state index contributed by atoms with van der Waals surface area (Å²) in [6.07, 6.45) is 3.80. The lowest BCUT2D eigenvalue weighted by molar-refractivity contribution is 0.0736. The first-order valence-corrected chi connectivity index (χ1v) is 9.43. The summed E-state index contributed by atoms with van der Waals surface area (Å²) in [5, 5.41) is 4.79. The Morgan fingerprint density at radius 1 is 1.19 bits per heavy atom. The first kappa shape index (κ1) is 17.5.